The number of nitrogens with zero attached hydrogens (tertiary/aromatic N) is 1. The lowest BCUT2D eigenvalue weighted by molar-refractivity contribution is -0.144. The smallest absolute Gasteiger partial charge is 0.325 e. The molecule has 0 saturated heterocycles. The number of carbonyl (C=O) groups is 1. The molecule has 0 N–H and O–H groups in total. The van der Waals surface area contributed by atoms with Crippen molar-refractivity contribution in [2.45, 2.75) is 26.5 Å². The van der Waals surface area contributed by atoms with Crippen LogP contribution >= 0.6 is 0 Å². The summed E-state index contributed by atoms with van der Waals surface area (Å²) in [6.07, 6.45) is 5.76. The number of allylic oxidation sites excluding steroid dienone is 1. The van der Waals surface area contributed by atoms with E-state index in [4.69, 9.17) is 9.47 Å². The molecule has 0 saturated carbocycles. The maximum Gasteiger partial charge on any atom is 0.325 e. The third-order valence-corrected chi connectivity index (χ3v) is 3.22. The lowest BCUT2D eigenvalue weighted by Gasteiger charge is -2.28. The van der Waals surface area contributed by atoms with Gasteiger partial charge in [0.05, 0.1) is 6.61 Å². The normalized spacial score (nSPS) is 17.3. The van der Waals surface area contributed by atoms with Gasteiger partial charge in [-0.15, -0.1) is 0 Å². The zero-order valence-electron chi connectivity index (χ0n) is 12.5. The largest absolute Gasteiger partial charge is 0.489 e. The van der Waals surface area contributed by atoms with E-state index in [0.717, 1.165) is 11.3 Å². The Morgan fingerprint density at radius 3 is 2.71 bits per heavy atom. The summed E-state index contributed by atoms with van der Waals surface area (Å²) in [5, 5.41) is 0. The van der Waals surface area contributed by atoms with Gasteiger partial charge in [-0.3, -0.25) is 4.79 Å². The highest BCUT2D eigenvalue weighted by atomic mass is 16.5. The molecule has 1 aromatic rings. The van der Waals surface area contributed by atoms with Crippen molar-refractivity contribution in [1.82, 2.24) is 4.90 Å². The molecule has 112 valence electrons. The van der Waals surface area contributed by atoms with Crippen LogP contribution in [0.25, 0.3) is 0 Å². The molecule has 2 rings (SSSR count). The van der Waals surface area contributed by atoms with Gasteiger partial charge < -0.3 is 14.4 Å². The first kappa shape index (κ1) is 15.2. The molecule has 0 amide bonds. The minimum absolute atomic E-state index is 0.102. The summed E-state index contributed by atoms with van der Waals surface area (Å²) in [6, 6.07) is 10.1. The van der Waals surface area contributed by atoms with Crippen LogP contribution in [0, 0.1) is 0 Å². The fourth-order valence-electron chi connectivity index (χ4n) is 2.08. The number of carbonyl (C=O) groups excluding carboxylic acids is 1. The molecule has 4 nitrogen and oxygen atoms in total. The van der Waals surface area contributed by atoms with E-state index < -0.39 is 0 Å². The van der Waals surface area contributed by atoms with Crippen LogP contribution in [0.1, 0.15) is 19.4 Å². The van der Waals surface area contributed by atoms with Gasteiger partial charge in [0.15, 0.2) is 0 Å². The molecule has 0 aliphatic carbocycles. The minimum Gasteiger partial charge on any atom is -0.489 e. The van der Waals surface area contributed by atoms with Gasteiger partial charge in [0.1, 0.15) is 18.9 Å². The van der Waals surface area contributed by atoms with Gasteiger partial charge in [0.2, 0.25) is 0 Å². The maximum absolute atomic E-state index is 11.5. The Morgan fingerprint density at radius 1 is 1.29 bits per heavy atom. The third kappa shape index (κ3) is 4.67. The van der Waals surface area contributed by atoms with Crippen molar-refractivity contribution in [2.24, 2.45) is 0 Å². The van der Waals surface area contributed by atoms with E-state index in [1.165, 1.54) is 0 Å². The Morgan fingerprint density at radius 2 is 2.05 bits per heavy atom. The Bertz CT molecular complexity index is 522. The number of hydrogen-bond donors (Lipinski definition) is 0. The van der Waals surface area contributed by atoms with Gasteiger partial charge in [0, 0.05) is 12.2 Å². The van der Waals surface area contributed by atoms with Crippen molar-refractivity contribution in [2.75, 3.05) is 13.2 Å². The third-order valence-electron chi connectivity index (χ3n) is 3.22. The molecule has 0 radical (unpaired) electrons. The van der Waals surface area contributed by atoms with E-state index in [-0.39, 0.29) is 18.6 Å². The molecule has 1 unspecified atom stereocenters. The highest BCUT2D eigenvalue weighted by Crippen LogP contribution is 2.16. The molecule has 0 spiro atoms. The number of esters is 1. The van der Waals surface area contributed by atoms with Crippen molar-refractivity contribution >= 4 is 5.97 Å². The van der Waals surface area contributed by atoms with Crippen molar-refractivity contribution in [3.63, 3.8) is 0 Å². The van der Waals surface area contributed by atoms with Gasteiger partial charge in [-0.1, -0.05) is 30.3 Å². The Hall–Kier alpha value is -2.23. The first-order chi connectivity index (χ1) is 10.2. The zero-order valence-corrected chi connectivity index (χ0v) is 12.5. The molecule has 4 heteroatoms. The maximum atomic E-state index is 11.5. The second-order valence-electron chi connectivity index (χ2n) is 4.88. The number of benzene rings is 1. The molecular weight excluding hydrogens is 266 g/mol. The molecular formula is C17H21NO3. The van der Waals surface area contributed by atoms with Gasteiger partial charge in [-0.25, -0.2) is 0 Å². The Kier molecular flexibility index (Phi) is 5.43. The molecule has 1 aliphatic heterocycles. The van der Waals surface area contributed by atoms with Gasteiger partial charge in [0.25, 0.3) is 0 Å². The van der Waals surface area contributed by atoms with E-state index in [2.05, 4.69) is 0 Å². The predicted octanol–water partition coefficient (Wildman–Crippen LogP) is 2.87. The Labute approximate surface area is 125 Å². The number of ether oxygens (including phenoxy) is 2. The molecule has 0 aromatic heterocycles. The molecule has 1 aliphatic rings. The van der Waals surface area contributed by atoms with Crippen LogP contribution in [0.3, 0.4) is 0 Å². The first-order valence-corrected chi connectivity index (χ1v) is 7.17. The average molecular weight is 287 g/mol. The number of hydrogen-bond acceptors (Lipinski definition) is 4. The monoisotopic (exact) mass is 287 g/mol. The first-order valence-electron chi connectivity index (χ1n) is 7.17. The van der Waals surface area contributed by atoms with Gasteiger partial charge >= 0.3 is 5.97 Å². The van der Waals surface area contributed by atoms with E-state index in [1.807, 2.05) is 67.4 Å². The lowest BCUT2D eigenvalue weighted by Crippen LogP contribution is -2.34. The van der Waals surface area contributed by atoms with Crippen LogP contribution in [0.5, 0.6) is 0 Å². The summed E-state index contributed by atoms with van der Waals surface area (Å²) < 4.78 is 10.7. The summed E-state index contributed by atoms with van der Waals surface area (Å²) in [5.41, 5.74) is 1.13. The fraction of sp³-hybridized carbons (Fsp3) is 0.353. The van der Waals surface area contributed by atoms with Crippen LogP contribution in [0.4, 0.5) is 0 Å². The van der Waals surface area contributed by atoms with Gasteiger partial charge in [-0.2, -0.15) is 0 Å². The summed E-state index contributed by atoms with van der Waals surface area (Å²) in [6.45, 7) is 5.04. The van der Waals surface area contributed by atoms with Crippen LogP contribution in [-0.2, 0) is 20.9 Å². The second kappa shape index (κ2) is 7.53. The summed E-state index contributed by atoms with van der Waals surface area (Å²) in [5.74, 6) is 0.613. The van der Waals surface area contributed by atoms with Crippen LogP contribution in [-0.4, -0.2) is 30.1 Å². The predicted molar refractivity (Wildman–Crippen MR) is 81.3 cm³/mol. The quantitative estimate of drug-likeness (QED) is 0.754. The van der Waals surface area contributed by atoms with E-state index in [0.29, 0.717) is 13.2 Å². The summed E-state index contributed by atoms with van der Waals surface area (Å²) in [7, 11) is 0. The van der Waals surface area contributed by atoms with Crippen molar-refractivity contribution in [3.8, 4) is 0 Å². The number of rotatable bonds is 6. The van der Waals surface area contributed by atoms with Crippen molar-refractivity contribution < 1.29 is 14.3 Å². The van der Waals surface area contributed by atoms with Crippen molar-refractivity contribution in [3.05, 3.63) is 60.0 Å². The zero-order chi connectivity index (χ0) is 15.1. The topological polar surface area (TPSA) is 38.8 Å². The molecule has 0 bridgehead atoms. The highest BCUT2D eigenvalue weighted by molar-refractivity contribution is 5.72. The SMILES string of the molecule is CCOC(=O)CN1C=CC(OCc2ccccc2)=CC1C. The fourth-order valence-corrected chi connectivity index (χ4v) is 2.08. The minimum atomic E-state index is -0.212. The van der Waals surface area contributed by atoms with E-state index in [9.17, 15) is 4.79 Å². The van der Waals surface area contributed by atoms with Crippen LogP contribution in [0.2, 0.25) is 0 Å². The molecule has 21 heavy (non-hydrogen) atoms. The van der Waals surface area contributed by atoms with E-state index >= 15 is 0 Å². The van der Waals surface area contributed by atoms with Crippen LogP contribution in [0.15, 0.2) is 54.4 Å². The molecule has 1 aromatic carbocycles. The van der Waals surface area contributed by atoms with E-state index in [1.54, 1.807) is 0 Å². The van der Waals surface area contributed by atoms with Crippen LogP contribution < -0.4 is 0 Å². The Balaban J connectivity index is 1.85. The molecule has 0 fully saturated rings. The summed E-state index contributed by atoms with van der Waals surface area (Å²) in [4.78, 5) is 13.4. The molecule has 1 atom stereocenters. The van der Waals surface area contributed by atoms with Crippen molar-refractivity contribution in [1.29, 1.82) is 0 Å². The summed E-state index contributed by atoms with van der Waals surface area (Å²) >= 11 is 0. The lowest BCUT2D eigenvalue weighted by atomic mass is 10.2. The van der Waals surface area contributed by atoms with Gasteiger partial charge in [-0.05, 0) is 31.6 Å². The highest BCUT2D eigenvalue weighted by Gasteiger charge is 2.17. The molecule has 1 heterocycles. The standard InChI is InChI=1S/C17H21NO3/c1-3-20-17(19)12-18-10-9-16(11-14(18)2)21-13-15-7-5-4-6-8-15/h4-11,14H,3,12-13H2,1-2H3. The second-order valence-corrected chi connectivity index (χ2v) is 4.88. The average Bonchev–Trinajstić information content (AvgIpc) is 2.49.